The number of allylic oxidation sites excluding steroid dienone is 2. The minimum absolute atomic E-state index is 0.0302. The number of hydrogen-bond acceptors (Lipinski definition) is 3. The van der Waals surface area contributed by atoms with E-state index in [1.807, 2.05) is 26.0 Å². The number of hydrogen-bond donors (Lipinski definition) is 1. The van der Waals surface area contributed by atoms with Gasteiger partial charge in [0.2, 0.25) is 0 Å². The molecule has 1 N–H and O–H groups in total. The fourth-order valence-electron chi connectivity index (χ4n) is 2.24. The molecule has 0 aliphatic carbocycles. The molecule has 3 nitrogen and oxygen atoms in total. The topological polar surface area (TPSA) is 38.3 Å². The third-order valence-corrected chi connectivity index (χ3v) is 3.44. The number of methoxy groups -OCH3 is 1. The lowest BCUT2D eigenvalue weighted by Crippen LogP contribution is -2.02. The summed E-state index contributed by atoms with van der Waals surface area (Å²) in [5.41, 5.74) is 4.85. The Morgan fingerprint density at radius 1 is 1.09 bits per heavy atom. The molecule has 0 radical (unpaired) electrons. The fraction of sp³-hybridized carbons (Fsp3) is 0.211. The molecule has 0 heterocycles. The van der Waals surface area contributed by atoms with Gasteiger partial charge < -0.3 is 10.1 Å². The normalized spacial score (nSPS) is 11.2. The molecule has 0 amide bonds. The van der Waals surface area contributed by atoms with E-state index in [9.17, 15) is 4.79 Å². The van der Waals surface area contributed by atoms with Crippen LogP contribution in [-0.2, 0) is 0 Å². The summed E-state index contributed by atoms with van der Waals surface area (Å²) in [5.74, 6) is 0.711. The zero-order valence-electron chi connectivity index (χ0n) is 13.4. The van der Waals surface area contributed by atoms with Gasteiger partial charge in [0, 0.05) is 23.0 Å². The van der Waals surface area contributed by atoms with Crippen LogP contribution in [0.25, 0.3) is 0 Å². The number of rotatable bonds is 5. The second-order valence-electron chi connectivity index (χ2n) is 5.36. The van der Waals surface area contributed by atoms with E-state index >= 15 is 0 Å². The predicted molar refractivity (Wildman–Crippen MR) is 90.6 cm³/mol. The summed E-state index contributed by atoms with van der Waals surface area (Å²) in [7, 11) is 1.61. The first-order valence-electron chi connectivity index (χ1n) is 7.20. The van der Waals surface area contributed by atoms with Crippen LogP contribution in [0.3, 0.4) is 0 Å². The number of nitrogens with one attached hydrogen (secondary N) is 1. The molecule has 2 rings (SSSR count). The highest BCUT2D eigenvalue weighted by Crippen LogP contribution is 2.18. The van der Waals surface area contributed by atoms with Crippen molar-refractivity contribution in [2.45, 2.75) is 20.8 Å². The van der Waals surface area contributed by atoms with Crippen molar-refractivity contribution in [3.63, 3.8) is 0 Å². The van der Waals surface area contributed by atoms with Gasteiger partial charge in [-0.15, -0.1) is 0 Å². The summed E-state index contributed by atoms with van der Waals surface area (Å²) in [6, 6.07) is 13.3. The minimum Gasteiger partial charge on any atom is -0.497 e. The smallest absolute Gasteiger partial charge is 0.187 e. The molecule has 0 atom stereocenters. The molecule has 0 bridgehead atoms. The number of carbonyl (C=O) groups excluding carboxylic acids is 1. The largest absolute Gasteiger partial charge is 0.497 e. The first-order valence-corrected chi connectivity index (χ1v) is 7.20. The van der Waals surface area contributed by atoms with Crippen molar-refractivity contribution in [1.82, 2.24) is 0 Å². The molecule has 2 aromatic carbocycles. The highest BCUT2D eigenvalue weighted by atomic mass is 16.5. The molecule has 0 fully saturated rings. The maximum atomic E-state index is 12.2. The lowest BCUT2D eigenvalue weighted by Gasteiger charge is -2.10. The Morgan fingerprint density at radius 3 is 2.36 bits per heavy atom. The third-order valence-electron chi connectivity index (χ3n) is 3.44. The number of benzene rings is 2. The average Bonchev–Trinajstić information content (AvgIpc) is 2.50. The first kappa shape index (κ1) is 15.8. The first-order chi connectivity index (χ1) is 10.5. The second kappa shape index (κ2) is 6.94. The number of aryl methyl sites for hydroxylation is 2. The van der Waals surface area contributed by atoms with Gasteiger partial charge in [-0.2, -0.15) is 0 Å². The zero-order valence-corrected chi connectivity index (χ0v) is 13.4. The lowest BCUT2D eigenvalue weighted by molar-refractivity contribution is 0.104. The predicted octanol–water partition coefficient (Wildman–Crippen LogP) is 4.51. The van der Waals surface area contributed by atoms with E-state index < -0.39 is 0 Å². The van der Waals surface area contributed by atoms with Crippen molar-refractivity contribution in [2.24, 2.45) is 0 Å². The van der Waals surface area contributed by atoms with E-state index in [-0.39, 0.29) is 5.78 Å². The number of anilines is 1. The number of ketones is 1. The van der Waals surface area contributed by atoms with Crippen molar-refractivity contribution in [3.05, 3.63) is 70.9 Å². The van der Waals surface area contributed by atoms with Crippen LogP contribution in [0.5, 0.6) is 5.75 Å². The SMILES string of the molecule is COc1ccc(C(=O)/C=C(\C)Nc2ccc(C)cc2C)cc1. The van der Waals surface area contributed by atoms with E-state index in [2.05, 4.69) is 18.3 Å². The summed E-state index contributed by atoms with van der Waals surface area (Å²) in [4.78, 5) is 12.2. The van der Waals surface area contributed by atoms with E-state index in [0.717, 1.165) is 22.7 Å². The maximum Gasteiger partial charge on any atom is 0.187 e. The maximum absolute atomic E-state index is 12.2. The van der Waals surface area contributed by atoms with Crippen molar-refractivity contribution < 1.29 is 9.53 Å². The molecule has 0 unspecified atom stereocenters. The molecule has 0 saturated carbocycles. The number of ether oxygens (including phenoxy) is 1. The van der Waals surface area contributed by atoms with Crippen LogP contribution in [-0.4, -0.2) is 12.9 Å². The molecular weight excluding hydrogens is 274 g/mol. The van der Waals surface area contributed by atoms with Crippen LogP contribution in [0.4, 0.5) is 5.69 Å². The van der Waals surface area contributed by atoms with Gasteiger partial charge in [-0.25, -0.2) is 0 Å². The summed E-state index contributed by atoms with van der Waals surface area (Å²) in [6.07, 6.45) is 1.61. The summed E-state index contributed by atoms with van der Waals surface area (Å²) in [6.45, 7) is 6.00. The van der Waals surface area contributed by atoms with Gasteiger partial charge in [-0.3, -0.25) is 4.79 Å². The molecule has 0 aliphatic heterocycles. The monoisotopic (exact) mass is 295 g/mol. The van der Waals surface area contributed by atoms with Crippen LogP contribution in [0.2, 0.25) is 0 Å². The quantitative estimate of drug-likeness (QED) is 0.651. The van der Waals surface area contributed by atoms with Crippen molar-refractivity contribution >= 4 is 11.5 Å². The molecule has 114 valence electrons. The van der Waals surface area contributed by atoms with Crippen LogP contribution in [0, 0.1) is 13.8 Å². The van der Waals surface area contributed by atoms with E-state index in [1.54, 1.807) is 37.5 Å². The second-order valence-corrected chi connectivity index (χ2v) is 5.36. The van der Waals surface area contributed by atoms with E-state index in [0.29, 0.717) is 5.56 Å². The molecule has 0 saturated heterocycles. The molecular formula is C19H21NO2. The van der Waals surface area contributed by atoms with E-state index in [4.69, 9.17) is 4.74 Å². The van der Waals surface area contributed by atoms with Crippen LogP contribution in [0.1, 0.15) is 28.4 Å². The van der Waals surface area contributed by atoms with Crippen molar-refractivity contribution in [3.8, 4) is 5.75 Å². The fourth-order valence-corrected chi connectivity index (χ4v) is 2.24. The Balaban J connectivity index is 2.11. The van der Waals surface area contributed by atoms with Crippen LogP contribution < -0.4 is 10.1 Å². The van der Waals surface area contributed by atoms with E-state index in [1.165, 1.54) is 5.56 Å². The molecule has 0 aromatic heterocycles. The van der Waals surface area contributed by atoms with Gasteiger partial charge in [0.1, 0.15) is 5.75 Å². The van der Waals surface area contributed by atoms with Gasteiger partial charge >= 0.3 is 0 Å². The minimum atomic E-state index is -0.0302. The Kier molecular flexibility index (Phi) is 4.99. The third kappa shape index (κ3) is 3.98. The number of carbonyl (C=O) groups is 1. The van der Waals surface area contributed by atoms with Crippen molar-refractivity contribution in [2.75, 3.05) is 12.4 Å². The summed E-state index contributed by atoms with van der Waals surface area (Å²) in [5, 5.41) is 3.28. The Hall–Kier alpha value is -2.55. The van der Waals surface area contributed by atoms with Crippen LogP contribution >= 0.6 is 0 Å². The van der Waals surface area contributed by atoms with Gasteiger partial charge in [-0.1, -0.05) is 17.7 Å². The average molecular weight is 295 g/mol. The lowest BCUT2D eigenvalue weighted by atomic mass is 10.1. The molecule has 2 aromatic rings. The van der Waals surface area contributed by atoms with Gasteiger partial charge in [0.15, 0.2) is 5.78 Å². The Labute approximate surface area is 131 Å². The van der Waals surface area contributed by atoms with Gasteiger partial charge in [0.05, 0.1) is 7.11 Å². The molecule has 3 heteroatoms. The van der Waals surface area contributed by atoms with Gasteiger partial charge in [0.25, 0.3) is 0 Å². The zero-order chi connectivity index (χ0) is 16.1. The molecule has 0 spiro atoms. The molecule has 0 aliphatic rings. The highest BCUT2D eigenvalue weighted by Gasteiger charge is 2.05. The van der Waals surface area contributed by atoms with Gasteiger partial charge in [-0.05, 0) is 56.7 Å². The Bertz CT molecular complexity index is 700. The van der Waals surface area contributed by atoms with Crippen molar-refractivity contribution in [1.29, 1.82) is 0 Å². The highest BCUT2D eigenvalue weighted by molar-refractivity contribution is 6.05. The summed E-state index contributed by atoms with van der Waals surface area (Å²) >= 11 is 0. The standard InChI is InChI=1S/C19H21NO2/c1-13-5-10-18(14(2)11-13)20-15(3)12-19(21)16-6-8-17(22-4)9-7-16/h5-12,20H,1-4H3/b15-12+. The Morgan fingerprint density at radius 2 is 1.77 bits per heavy atom. The summed E-state index contributed by atoms with van der Waals surface area (Å²) < 4.78 is 5.09. The van der Waals surface area contributed by atoms with Crippen LogP contribution in [0.15, 0.2) is 54.2 Å². The molecule has 22 heavy (non-hydrogen) atoms.